The standard InChI is InChI=1S/C8H6IN3.C5H4FN.C3H3IN2/c9-7-4-6-12(11-7)8-3-1-2-5-10-8;6-5-3-1-2-4-7-5;4-3-1-2-5-6-3/h1-6H;1-4H;1-2H,(H,5,6). The summed E-state index contributed by atoms with van der Waals surface area (Å²) in [6.07, 6.45) is 6.78. The summed E-state index contributed by atoms with van der Waals surface area (Å²) in [6, 6.07) is 14.2. The summed E-state index contributed by atoms with van der Waals surface area (Å²) in [5.41, 5.74) is 0. The minimum absolute atomic E-state index is 0.428. The Morgan fingerprint density at radius 2 is 1.64 bits per heavy atom. The molecule has 0 aliphatic rings. The fraction of sp³-hybridized carbons (Fsp3) is 0. The van der Waals surface area contributed by atoms with E-state index in [1.807, 2.05) is 36.5 Å². The highest BCUT2D eigenvalue weighted by molar-refractivity contribution is 14.1. The van der Waals surface area contributed by atoms with Crippen molar-refractivity contribution in [3.8, 4) is 5.82 Å². The topological polar surface area (TPSA) is 72.3 Å². The lowest BCUT2D eigenvalue weighted by molar-refractivity contribution is 0.584. The zero-order chi connectivity index (χ0) is 17.9. The largest absolute Gasteiger partial charge is 0.272 e. The molecule has 0 aliphatic heterocycles. The first-order valence-electron chi connectivity index (χ1n) is 6.99. The van der Waals surface area contributed by atoms with E-state index in [-0.39, 0.29) is 0 Å². The first-order valence-corrected chi connectivity index (χ1v) is 9.15. The normalized spacial score (nSPS) is 9.40. The van der Waals surface area contributed by atoms with Crippen LogP contribution < -0.4 is 0 Å². The Bertz CT molecular complexity index is 837. The van der Waals surface area contributed by atoms with Gasteiger partial charge in [0, 0.05) is 24.8 Å². The predicted octanol–water partition coefficient (Wildman–Crippen LogP) is 4.11. The van der Waals surface area contributed by atoms with Gasteiger partial charge in [0.2, 0.25) is 5.95 Å². The van der Waals surface area contributed by atoms with Crippen molar-refractivity contribution in [3.63, 3.8) is 0 Å². The van der Waals surface area contributed by atoms with Crippen molar-refractivity contribution in [2.24, 2.45) is 0 Å². The van der Waals surface area contributed by atoms with E-state index in [1.54, 1.807) is 29.2 Å². The number of H-pyrrole nitrogens is 1. The Morgan fingerprint density at radius 3 is 2.00 bits per heavy atom. The van der Waals surface area contributed by atoms with Crippen molar-refractivity contribution in [1.82, 2.24) is 29.9 Å². The molecule has 0 saturated carbocycles. The van der Waals surface area contributed by atoms with Gasteiger partial charge in [-0.3, -0.25) is 5.10 Å². The van der Waals surface area contributed by atoms with Crippen molar-refractivity contribution in [2.45, 2.75) is 0 Å². The number of aromatic amines is 1. The average Bonchev–Trinajstić information content (AvgIpc) is 3.29. The highest BCUT2D eigenvalue weighted by atomic mass is 127. The molecule has 4 rings (SSSR count). The lowest BCUT2D eigenvalue weighted by atomic mass is 10.5. The molecule has 128 valence electrons. The Hall–Kier alpha value is -1.89. The van der Waals surface area contributed by atoms with Crippen molar-refractivity contribution >= 4 is 45.2 Å². The quantitative estimate of drug-likeness (QED) is 0.280. The smallest absolute Gasteiger partial charge is 0.212 e. The van der Waals surface area contributed by atoms with Gasteiger partial charge >= 0.3 is 0 Å². The molecule has 0 bridgehead atoms. The van der Waals surface area contributed by atoms with Gasteiger partial charge in [-0.2, -0.15) is 14.6 Å². The number of aromatic nitrogens is 6. The van der Waals surface area contributed by atoms with Crippen LogP contribution >= 0.6 is 45.2 Å². The molecular formula is C16H13FI2N6. The molecule has 0 aliphatic carbocycles. The van der Waals surface area contributed by atoms with Crippen LogP contribution in [0.2, 0.25) is 0 Å². The van der Waals surface area contributed by atoms with Gasteiger partial charge in [-0.15, -0.1) is 0 Å². The van der Waals surface area contributed by atoms with Gasteiger partial charge in [-0.25, -0.2) is 14.6 Å². The van der Waals surface area contributed by atoms with Crippen LogP contribution in [0.15, 0.2) is 73.3 Å². The summed E-state index contributed by atoms with van der Waals surface area (Å²) in [6.45, 7) is 0. The van der Waals surface area contributed by atoms with Crippen LogP contribution in [0.3, 0.4) is 0 Å². The van der Waals surface area contributed by atoms with Gasteiger partial charge in [0.05, 0.1) is 3.70 Å². The summed E-state index contributed by atoms with van der Waals surface area (Å²) in [5.74, 6) is 0.419. The van der Waals surface area contributed by atoms with Gasteiger partial charge in [0.1, 0.15) is 3.70 Å². The fourth-order valence-corrected chi connectivity index (χ4v) is 2.19. The number of nitrogens with zero attached hydrogens (tertiary/aromatic N) is 5. The molecule has 4 aromatic rings. The molecule has 25 heavy (non-hydrogen) atoms. The molecule has 1 N–H and O–H groups in total. The maximum absolute atomic E-state index is 11.8. The maximum atomic E-state index is 11.8. The Labute approximate surface area is 171 Å². The second kappa shape index (κ2) is 10.9. The van der Waals surface area contributed by atoms with Crippen LogP contribution in [0.1, 0.15) is 0 Å². The zero-order valence-electron chi connectivity index (χ0n) is 12.8. The molecule has 0 unspecified atom stereocenters. The second-order valence-corrected chi connectivity index (χ2v) is 6.60. The van der Waals surface area contributed by atoms with E-state index in [4.69, 9.17) is 0 Å². The average molecular weight is 562 g/mol. The van der Waals surface area contributed by atoms with E-state index in [0.717, 1.165) is 13.2 Å². The molecular weight excluding hydrogens is 549 g/mol. The molecule has 0 fully saturated rings. The van der Waals surface area contributed by atoms with Crippen molar-refractivity contribution in [3.05, 3.63) is 86.7 Å². The lowest BCUT2D eigenvalue weighted by Crippen LogP contribution is -1.96. The van der Waals surface area contributed by atoms with E-state index in [1.165, 1.54) is 12.3 Å². The molecule has 4 aromatic heterocycles. The van der Waals surface area contributed by atoms with Crippen molar-refractivity contribution in [2.75, 3.05) is 0 Å². The third-order valence-corrected chi connectivity index (χ3v) is 3.71. The van der Waals surface area contributed by atoms with Gasteiger partial charge in [-0.05, 0) is 81.6 Å². The van der Waals surface area contributed by atoms with Gasteiger partial charge in [-0.1, -0.05) is 12.1 Å². The van der Waals surface area contributed by atoms with E-state index >= 15 is 0 Å². The summed E-state index contributed by atoms with van der Waals surface area (Å²) in [7, 11) is 0. The van der Waals surface area contributed by atoms with Crippen LogP contribution in [0.4, 0.5) is 4.39 Å². The number of hydrogen-bond acceptors (Lipinski definition) is 4. The van der Waals surface area contributed by atoms with E-state index in [9.17, 15) is 4.39 Å². The van der Waals surface area contributed by atoms with Crippen LogP contribution in [0, 0.1) is 13.3 Å². The van der Waals surface area contributed by atoms with Crippen LogP contribution in [-0.4, -0.2) is 29.9 Å². The monoisotopic (exact) mass is 562 g/mol. The SMILES string of the molecule is Fc1ccccn1.Ic1ccn(-c2ccccn2)n1.Ic1ccn[nH]1. The highest BCUT2D eigenvalue weighted by Crippen LogP contribution is 2.04. The van der Waals surface area contributed by atoms with Crippen LogP contribution in [0.5, 0.6) is 0 Å². The number of pyridine rings is 2. The number of rotatable bonds is 1. The molecule has 0 atom stereocenters. The first-order chi connectivity index (χ1) is 12.1. The highest BCUT2D eigenvalue weighted by Gasteiger charge is 1.97. The first kappa shape index (κ1) is 19.4. The summed E-state index contributed by atoms with van der Waals surface area (Å²) in [5, 5.41) is 10.6. The van der Waals surface area contributed by atoms with E-state index < -0.39 is 5.95 Å². The predicted molar refractivity (Wildman–Crippen MR) is 110 cm³/mol. The molecule has 0 amide bonds. The third-order valence-electron chi connectivity index (χ3n) is 2.54. The maximum Gasteiger partial charge on any atom is 0.212 e. The Kier molecular flexibility index (Phi) is 8.45. The second-order valence-electron chi connectivity index (χ2n) is 4.33. The van der Waals surface area contributed by atoms with Crippen molar-refractivity contribution < 1.29 is 4.39 Å². The fourth-order valence-electron chi connectivity index (χ4n) is 1.50. The van der Waals surface area contributed by atoms with Crippen molar-refractivity contribution in [1.29, 1.82) is 0 Å². The molecule has 0 saturated heterocycles. The zero-order valence-corrected chi connectivity index (χ0v) is 17.1. The van der Waals surface area contributed by atoms with E-state index in [0.29, 0.717) is 0 Å². The summed E-state index contributed by atoms with van der Waals surface area (Å²) < 4.78 is 15.6. The molecule has 9 heteroatoms. The number of hydrogen-bond donors (Lipinski definition) is 1. The third kappa shape index (κ3) is 7.69. The van der Waals surface area contributed by atoms with E-state index in [2.05, 4.69) is 70.4 Å². The Balaban J connectivity index is 0.000000148. The van der Waals surface area contributed by atoms with Crippen LogP contribution in [-0.2, 0) is 0 Å². The number of halogens is 3. The molecule has 0 spiro atoms. The minimum Gasteiger partial charge on any atom is -0.272 e. The Morgan fingerprint density at radius 1 is 0.880 bits per heavy atom. The molecule has 6 nitrogen and oxygen atoms in total. The van der Waals surface area contributed by atoms with Gasteiger partial charge in [0.15, 0.2) is 5.82 Å². The van der Waals surface area contributed by atoms with Crippen LogP contribution in [0.25, 0.3) is 5.82 Å². The minimum atomic E-state index is -0.428. The summed E-state index contributed by atoms with van der Waals surface area (Å²) in [4.78, 5) is 7.47. The van der Waals surface area contributed by atoms with Gasteiger partial charge < -0.3 is 0 Å². The summed E-state index contributed by atoms with van der Waals surface area (Å²) >= 11 is 4.32. The van der Waals surface area contributed by atoms with Gasteiger partial charge in [0.25, 0.3) is 0 Å². The molecule has 0 aromatic carbocycles. The number of nitrogens with one attached hydrogen (secondary N) is 1. The lowest BCUT2D eigenvalue weighted by Gasteiger charge is -1.96. The molecule has 4 heterocycles. The molecule has 0 radical (unpaired) electrons.